The zero-order chi connectivity index (χ0) is 14.8. The molecule has 2 heterocycles. The maximum atomic E-state index is 11.5. The van der Waals surface area contributed by atoms with Crippen molar-refractivity contribution in [1.29, 1.82) is 0 Å². The first-order valence-corrected chi connectivity index (χ1v) is 8.37. The second-order valence-corrected chi connectivity index (χ2v) is 6.47. The molecule has 0 unspecified atom stereocenters. The van der Waals surface area contributed by atoms with Gasteiger partial charge < -0.3 is 9.73 Å². The number of aromatic nitrogens is 1. The Kier molecular flexibility index (Phi) is 4.28. The first kappa shape index (κ1) is 14.6. The fourth-order valence-electron chi connectivity index (χ4n) is 1.85. The number of hydrogen-bond donors (Lipinski definition) is 1. The van der Waals surface area contributed by atoms with Crippen LogP contribution in [0.3, 0.4) is 0 Å². The zero-order valence-corrected chi connectivity index (χ0v) is 13.9. The van der Waals surface area contributed by atoms with Gasteiger partial charge in [0.1, 0.15) is 11.3 Å². The van der Waals surface area contributed by atoms with Crippen LogP contribution in [0.2, 0.25) is 0 Å². The first-order chi connectivity index (χ1) is 10.2. The lowest BCUT2D eigenvalue weighted by atomic mass is 10.2. The van der Waals surface area contributed by atoms with Gasteiger partial charge in [0.25, 0.3) is 0 Å². The normalized spacial score (nSPS) is 11.0. The van der Waals surface area contributed by atoms with E-state index in [4.69, 9.17) is 16.0 Å². The molecule has 0 aliphatic carbocycles. The van der Waals surface area contributed by atoms with Crippen LogP contribution in [-0.4, -0.2) is 16.8 Å². The average molecular weight is 386 g/mol. The van der Waals surface area contributed by atoms with Crippen molar-refractivity contribution in [3.8, 4) is 11.5 Å². The number of carbonyl (C=O) groups excluding carboxylic acids is 1. The summed E-state index contributed by atoms with van der Waals surface area (Å²) < 4.78 is 6.76. The Morgan fingerprint density at radius 2 is 2.29 bits per heavy atom. The largest absolute Gasteiger partial charge is 0.454 e. The fraction of sp³-hybridized carbons (Fsp3) is 0.143. The van der Waals surface area contributed by atoms with Crippen LogP contribution in [0.25, 0.3) is 22.4 Å². The van der Waals surface area contributed by atoms with Crippen molar-refractivity contribution in [2.24, 2.45) is 0 Å². The van der Waals surface area contributed by atoms with Crippen molar-refractivity contribution in [3.05, 3.63) is 34.1 Å². The number of fused-ring (bicyclic) bond motifs is 1. The number of carbonyl (C=O) groups is 1. The number of hydrogen-bond acceptors (Lipinski definition) is 4. The van der Waals surface area contributed by atoms with Crippen LogP contribution in [0.1, 0.15) is 6.42 Å². The third-order valence-electron chi connectivity index (χ3n) is 2.80. The van der Waals surface area contributed by atoms with E-state index in [-0.39, 0.29) is 12.3 Å². The Balaban J connectivity index is 1.85. The van der Waals surface area contributed by atoms with Crippen LogP contribution < -0.4 is 5.32 Å². The summed E-state index contributed by atoms with van der Waals surface area (Å²) in [6.45, 7) is 0. The minimum absolute atomic E-state index is 0.139. The zero-order valence-electron chi connectivity index (χ0n) is 10.7. The molecule has 4 nitrogen and oxygen atoms in total. The highest BCUT2D eigenvalue weighted by molar-refractivity contribution is 9.10. The van der Waals surface area contributed by atoms with Crippen LogP contribution >= 0.6 is 38.9 Å². The first-order valence-electron chi connectivity index (χ1n) is 6.16. The molecular weight excluding hydrogens is 376 g/mol. The van der Waals surface area contributed by atoms with Gasteiger partial charge >= 0.3 is 0 Å². The summed E-state index contributed by atoms with van der Waals surface area (Å²) in [7, 11) is 0. The lowest BCUT2D eigenvalue weighted by Gasteiger charge is -1.97. The number of nitrogens with one attached hydrogen (secondary N) is 1. The molecule has 108 valence electrons. The summed E-state index contributed by atoms with van der Waals surface area (Å²) >= 11 is 10.3. The smallest absolute Gasteiger partial charge is 0.227 e. The van der Waals surface area contributed by atoms with E-state index < -0.39 is 0 Å². The lowest BCUT2D eigenvalue weighted by molar-refractivity contribution is -0.115. The Morgan fingerprint density at radius 1 is 1.43 bits per heavy atom. The van der Waals surface area contributed by atoms with E-state index in [0.29, 0.717) is 22.5 Å². The predicted molar refractivity (Wildman–Crippen MR) is 89.0 cm³/mol. The Labute approximate surface area is 138 Å². The second kappa shape index (κ2) is 6.17. The molecule has 21 heavy (non-hydrogen) atoms. The molecule has 0 fully saturated rings. The van der Waals surface area contributed by atoms with Crippen molar-refractivity contribution in [2.45, 2.75) is 6.42 Å². The third-order valence-corrected chi connectivity index (χ3v) is 4.24. The molecule has 0 bridgehead atoms. The summed E-state index contributed by atoms with van der Waals surface area (Å²) in [5.41, 5.74) is 1.50. The topological polar surface area (TPSA) is 55.1 Å². The van der Waals surface area contributed by atoms with E-state index in [1.54, 1.807) is 0 Å². The van der Waals surface area contributed by atoms with Gasteiger partial charge in [-0.25, -0.2) is 4.98 Å². The number of halogens is 2. The van der Waals surface area contributed by atoms with Gasteiger partial charge in [0, 0.05) is 27.5 Å². The molecule has 3 aromatic rings. The summed E-state index contributed by atoms with van der Waals surface area (Å²) in [6, 6.07) is 7.74. The quantitative estimate of drug-likeness (QED) is 0.651. The van der Waals surface area contributed by atoms with Crippen molar-refractivity contribution in [3.63, 3.8) is 0 Å². The highest BCUT2D eigenvalue weighted by Crippen LogP contribution is 2.31. The van der Waals surface area contributed by atoms with Crippen LogP contribution in [0.15, 0.2) is 38.5 Å². The summed E-state index contributed by atoms with van der Waals surface area (Å²) in [5.74, 6) is 0.833. The summed E-state index contributed by atoms with van der Waals surface area (Å²) in [6.07, 6.45) is 0.273. The Hall–Kier alpha value is -1.37. The SMILES string of the molecule is O=C(CCCl)Nc1nc(-c2cc3cc(Br)ccc3o2)cs1. The van der Waals surface area contributed by atoms with E-state index in [1.165, 1.54) is 11.3 Å². The Morgan fingerprint density at radius 3 is 3.10 bits per heavy atom. The number of alkyl halides is 1. The molecule has 7 heteroatoms. The monoisotopic (exact) mass is 384 g/mol. The molecule has 0 saturated carbocycles. The number of rotatable bonds is 4. The van der Waals surface area contributed by atoms with Crippen LogP contribution in [-0.2, 0) is 4.79 Å². The minimum Gasteiger partial charge on any atom is -0.454 e. The van der Waals surface area contributed by atoms with Gasteiger partial charge in [-0.1, -0.05) is 15.9 Å². The van der Waals surface area contributed by atoms with Crippen molar-refractivity contribution in [1.82, 2.24) is 4.98 Å². The number of nitrogens with zero attached hydrogens (tertiary/aromatic N) is 1. The maximum absolute atomic E-state index is 11.5. The Bertz CT molecular complexity index is 799. The van der Waals surface area contributed by atoms with E-state index in [2.05, 4.69) is 26.2 Å². The van der Waals surface area contributed by atoms with Gasteiger partial charge in [0.15, 0.2) is 10.9 Å². The number of benzene rings is 1. The average Bonchev–Trinajstić information content (AvgIpc) is 3.04. The standard InChI is InChI=1S/C14H10BrClN2O2S/c15-9-1-2-11-8(5-9)6-12(20-11)10-7-21-14(17-10)18-13(19)3-4-16/h1-2,5-7H,3-4H2,(H,17,18,19). The molecule has 0 atom stereocenters. The molecule has 0 saturated heterocycles. The van der Waals surface area contributed by atoms with Gasteiger partial charge in [0.2, 0.25) is 5.91 Å². The molecule has 0 radical (unpaired) electrons. The van der Waals surface area contributed by atoms with E-state index in [0.717, 1.165) is 15.4 Å². The molecule has 3 rings (SSSR count). The van der Waals surface area contributed by atoms with Gasteiger partial charge in [-0.05, 0) is 24.3 Å². The van der Waals surface area contributed by atoms with Crippen molar-refractivity contribution < 1.29 is 9.21 Å². The molecule has 1 N–H and O–H groups in total. The predicted octanol–water partition coefficient (Wildman–Crippen LogP) is 4.89. The van der Waals surface area contributed by atoms with Gasteiger partial charge in [-0.15, -0.1) is 22.9 Å². The number of thiazole rings is 1. The number of anilines is 1. The molecule has 1 aromatic carbocycles. The number of furan rings is 1. The minimum atomic E-state index is -0.139. The van der Waals surface area contributed by atoms with Crippen LogP contribution in [0, 0.1) is 0 Å². The molecule has 0 spiro atoms. The maximum Gasteiger partial charge on any atom is 0.227 e. The third kappa shape index (κ3) is 3.28. The van der Waals surface area contributed by atoms with E-state index in [9.17, 15) is 4.79 Å². The molecule has 1 amide bonds. The van der Waals surface area contributed by atoms with E-state index >= 15 is 0 Å². The van der Waals surface area contributed by atoms with Gasteiger partial charge in [-0.3, -0.25) is 4.79 Å². The molecule has 0 aliphatic heterocycles. The highest BCUT2D eigenvalue weighted by Gasteiger charge is 2.12. The van der Waals surface area contributed by atoms with Gasteiger partial charge in [0.05, 0.1) is 0 Å². The second-order valence-electron chi connectivity index (χ2n) is 4.32. The fourth-order valence-corrected chi connectivity index (χ4v) is 3.12. The van der Waals surface area contributed by atoms with Crippen molar-refractivity contribution >= 4 is 60.9 Å². The highest BCUT2D eigenvalue weighted by atomic mass is 79.9. The summed E-state index contributed by atoms with van der Waals surface area (Å²) in [4.78, 5) is 15.8. The molecular formula is C14H10BrClN2O2S. The molecule has 0 aliphatic rings. The van der Waals surface area contributed by atoms with Gasteiger partial charge in [-0.2, -0.15) is 0 Å². The van der Waals surface area contributed by atoms with Crippen molar-refractivity contribution in [2.75, 3.05) is 11.2 Å². The number of amides is 1. The molecule has 2 aromatic heterocycles. The van der Waals surface area contributed by atoms with Crippen LogP contribution in [0.5, 0.6) is 0 Å². The summed E-state index contributed by atoms with van der Waals surface area (Å²) in [5, 5.41) is 6.10. The van der Waals surface area contributed by atoms with E-state index in [1.807, 2.05) is 29.6 Å². The lowest BCUT2D eigenvalue weighted by Crippen LogP contribution is -2.11. The van der Waals surface area contributed by atoms with Crippen LogP contribution in [0.4, 0.5) is 5.13 Å².